The van der Waals surface area contributed by atoms with E-state index < -0.39 is 12.0 Å². The third-order valence-electron chi connectivity index (χ3n) is 6.51. The zero-order valence-corrected chi connectivity index (χ0v) is 33.7. The molecule has 0 bridgehead atoms. The van der Waals surface area contributed by atoms with Gasteiger partial charge in [-0.15, -0.1) is 0 Å². The van der Waals surface area contributed by atoms with Crippen molar-refractivity contribution in [1.82, 2.24) is 31.2 Å². The number of ether oxygens (including phenoxy) is 4. The number of rotatable bonds is 26. The van der Waals surface area contributed by atoms with Gasteiger partial charge in [0.15, 0.2) is 0 Å². The lowest BCUT2D eigenvalue weighted by Crippen LogP contribution is -2.45. The number of carboxylic acid groups (broad SMARTS) is 1. The van der Waals surface area contributed by atoms with Gasteiger partial charge in [0.25, 0.3) is 11.8 Å². The van der Waals surface area contributed by atoms with Gasteiger partial charge in [0, 0.05) is 58.6 Å². The Labute approximate surface area is 324 Å². The van der Waals surface area contributed by atoms with Crippen molar-refractivity contribution < 1.29 is 43.2 Å². The van der Waals surface area contributed by atoms with E-state index in [0.717, 1.165) is 0 Å². The molecule has 19 heteroatoms. The highest BCUT2D eigenvalue weighted by Crippen LogP contribution is 2.14. The summed E-state index contributed by atoms with van der Waals surface area (Å²) >= 11 is 13.5. The third-order valence-corrected chi connectivity index (χ3v) is 8.81. The van der Waals surface area contributed by atoms with E-state index in [9.17, 15) is 19.2 Å². The van der Waals surface area contributed by atoms with Gasteiger partial charge < -0.3 is 45.3 Å². The molecule has 0 aliphatic carbocycles. The molecule has 0 aromatic carbocycles. The van der Waals surface area contributed by atoms with Crippen LogP contribution in [0.25, 0.3) is 0 Å². The van der Waals surface area contributed by atoms with E-state index in [4.69, 9.17) is 24.1 Å². The van der Waals surface area contributed by atoms with E-state index in [1.54, 1.807) is 24.3 Å². The Morgan fingerprint density at radius 3 is 1.24 bits per heavy atom. The van der Waals surface area contributed by atoms with Gasteiger partial charge in [0.1, 0.15) is 0 Å². The van der Waals surface area contributed by atoms with Crippen molar-refractivity contribution in [2.24, 2.45) is 5.92 Å². The minimum Gasteiger partial charge on any atom is -0.465 e. The van der Waals surface area contributed by atoms with Crippen molar-refractivity contribution in [3.63, 3.8) is 0 Å². The zero-order chi connectivity index (χ0) is 36.6. The monoisotopic (exact) mass is 958 g/mol. The Kier molecular flexibility index (Phi) is 23.3. The van der Waals surface area contributed by atoms with Crippen LogP contribution >= 0.6 is 63.7 Å². The van der Waals surface area contributed by atoms with Crippen LogP contribution in [-0.4, -0.2) is 118 Å². The molecule has 0 aliphatic heterocycles. The predicted octanol–water partition coefficient (Wildman–Crippen LogP) is 3.28. The number of carbonyl (C=O) groups excluding carboxylic acids is 3. The fraction of sp³-hybridized carbons (Fsp3) is 0.548. The Balaban J connectivity index is 1.81. The molecule has 0 spiro atoms. The minimum atomic E-state index is -1.09. The van der Waals surface area contributed by atoms with Gasteiger partial charge in [-0.3, -0.25) is 24.4 Å². The molecule has 2 aromatic heterocycles. The first-order valence-electron chi connectivity index (χ1n) is 15.6. The fourth-order valence-corrected chi connectivity index (χ4v) is 5.26. The molecular formula is C31H42Br4N6O9. The van der Waals surface area contributed by atoms with Crippen LogP contribution in [0, 0.1) is 5.92 Å². The maximum Gasteiger partial charge on any atom is 0.404 e. The van der Waals surface area contributed by atoms with Gasteiger partial charge in [-0.1, -0.05) is 63.7 Å². The smallest absolute Gasteiger partial charge is 0.404 e. The van der Waals surface area contributed by atoms with Crippen molar-refractivity contribution in [2.45, 2.75) is 21.3 Å². The number of halogens is 4. The summed E-state index contributed by atoms with van der Waals surface area (Å²) < 4.78 is 21.6. The minimum absolute atomic E-state index is 0.0268. The fourth-order valence-electron chi connectivity index (χ4n) is 4.11. The average molecular weight is 962 g/mol. The van der Waals surface area contributed by atoms with Crippen LogP contribution in [0.15, 0.2) is 24.3 Å². The molecule has 0 fully saturated rings. The molecule has 15 nitrogen and oxygen atoms in total. The number of hydrogen-bond acceptors (Lipinski definition) is 10. The molecule has 0 aliphatic rings. The van der Waals surface area contributed by atoms with Gasteiger partial charge in [0.05, 0.1) is 81.5 Å². The van der Waals surface area contributed by atoms with Crippen LogP contribution in [0.2, 0.25) is 0 Å². The molecule has 0 atom stereocenters. The summed E-state index contributed by atoms with van der Waals surface area (Å²) in [4.78, 5) is 58.6. The van der Waals surface area contributed by atoms with Gasteiger partial charge in [-0.25, -0.2) is 4.79 Å². The highest BCUT2D eigenvalue weighted by Gasteiger charge is 2.22. The van der Waals surface area contributed by atoms with Crippen LogP contribution in [0.1, 0.15) is 43.5 Å². The Morgan fingerprint density at radius 1 is 0.560 bits per heavy atom. The lowest BCUT2D eigenvalue weighted by atomic mass is 10.1. The van der Waals surface area contributed by atoms with Crippen molar-refractivity contribution in [2.75, 3.05) is 79.0 Å². The standard InChI is InChI=1S/C31H42Br4N6O9/c32-15-24-11-21(12-25(16-33)40-24)28(42)38-19-23(20-39-29(43)22-13-26(17-34)41-27(14-22)18-35)30(44)36-1-3-47-5-7-49-9-10-50-8-6-48-4-2-37-31(45)46/h11-14,23,37H,1-10,15-20H2,(H,36,44)(H,38,42)(H,39,43)(H,45,46). The molecular weight excluding hydrogens is 920 g/mol. The molecule has 50 heavy (non-hydrogen) atoms. The number of hydrogen-bond donors (Lipinski definition) is 5. The van der Waals surface area contributed by atoms with Gasteiger partial charge in [0.2, 0.25) is 5.91 Å². The molecule has 0 unspecified atom stereocenters. The quantitative estimate of drug-likeness (QED) is 0.0686. The van der Waals surface area contributed by atoms with E-state index in [0.29, 0.717) is 94.9 Å². The SMILES string of the molecule is O=C(O)NCCOCCOCCOCCOCCNC(=O)C(CNC(=O)c1cc(CBr)nc(CBr)c1)CNC(=O)c1cc(CBr)nc(CBr)c1. The molecule has 2 aromatic rings. The Morgan fingerprint density at radius 2 is 0.900 bits per heavy atom. The predicted molar refractivity (Wildman–Crippen MR) is 199 cm³/mol. The second-order valence-electron chi connectivity index (χ2n) is 10.3. The van der Waals surface area contributed by atoms with E-state index in [2.05, 4.69) is 95.0 Å². The normalized spacial score (nSPS) is 11.0. The molecule has 2 heterocycles. The Hall–Kier alpha value is -2.26. The number of nitrogens with zero attached hydrogens (tertiary/aromatic N) is 2. The number of pyridine rings is 2. The van der Waals surface area contributed by atoms with Crippen molar-refractivity contribution in [3.8, 4) is 0 Å². The van der Waals surface area contributed by atoms with Crippen molar-refractivity contribution in [1.29, 1.82) is 0 Å². The van der Waals surface area contributed by atoms with Gasteiger partial charge >= 0.3 is 6.09 Å². The number of nitrogens with one attached hydrogen (secondary N) is 4. The van der Waals surface area contributed by atoms with E-state index >= 15 is 0 Å². The molecule has 278 valence electrons. The first-order valence-corrected chi connectivity index (χ1v) is 20.0. The van der Waals surface area contributed by atoms with Crippen LogP contribution < -0.4 is 21.3 Å². The lowest BCUT2D eigenvalue weighted by molar-refractivity contribution is -0.124. The molecule has 5 N–H and O–H groups in total. The van der Waals surface area contributed by atoms with Crippen LogP contribution in [-0.2, 0) is 45.1 Å². The average Bonchev–Trinajstić information content (AvgIpc) is 3.13. The van der Waals surface area contributed by atoms with Crippen molar-refractivity contribution >= 4 is 87.5 Å². The van der Waals surface area contributed by atoms with Crippen LogP contribution in [0.5, 0.6) is 0 Å². The summed E-state index contributed by atoms with van der Waals surface area (Å²) in [5.41, 5.74) is 3.60. The number of alkyl halides is 4. The summed E-state index contributed by atoms with van der Waals surface area (Å²) in [6.45, 7) is 2.96. The first-order chi connectivity index (χ1) is 24.2. The second-order valence-corrected chi connectivity index (χ2v) is 12.5. The van der Waals surface area contributed by atoms with Gasteiger partial charge in [-0.05, 0) is 24.3 Å². The van der Waals surface area contributed by atoms with Crippen LogP contribution in [0.3, 0.4) is 0 Å². The third kappa shape index (κ3) is 18.3. The summed E-state index contributed by atoms with van der Waals surface area (Å²) in [6, 6.07) is 6.71. The maximum atomic E-state index is 13.2. The first kappa shape index (κ1) is 43.9. The second kappa shape index (κ2) is 26.5. The molecule has 0 saturated carbocycles. The number of aromatic nitrogens is 2. The van der Waals surface area contributed by atoms with Crippen LogP contribution in [0.4, 0.5) is 4.79 Å². The highest BCUT2D eigenvalue weighted by molar-refractivity contribution is 9.09. The molecule has 0 radical (unpaired) electrons. The summed E-state index contributed by atoms with van der Waals surface area (Å²) in [5.74, 6) is -1.88. The summed E-state index contributed by atoms with van der Waals surface area (Å²) in [5, 5.41) is 21.0. The van der Waals surface area contributed by atoms with Gasteiger partial charge in [-0.2, -0.15) is 0 Å². The van der Waals surface area contributed by atoms with E-state index in [1.165, 1.54) is 0 Å². The van der Waals surface area contributed by atoms with E-state index in [1.807, 2.05) is 0 Å². The molecule has 0 saturated heterocycles. The lowest BCUT2D eigenvalue weighted by Gasteiger charge is -2.19. The largest absolute Gasteiger partial charge is 0.465 e. The topological polar surface area (TPSA) is 199 Å². The van der Waals surface area contributed by atoms with E-state index in [-0.39, 0.29) is 57.1 Å². The molecule has 2 rings (SSSR count). The van der Waals surface area contributed by atoms with Crippen molar-refractivity contribution in [3.05, 3.63) is 58.2 Å². The number of carbonyl (C=O) groups is 4. The molecule has 4 amide bonds. The summed E-state index contributed by atoms with van der Waals surface area (Å²) in [7, 11) is 0. The zero-order valence-electron chi connectivity index (χ0n) is 27.3. The Bertz CT molecular complexity index is 1250. The highest BCUT2D eigenvalue weighted by atomic mass is 79.9. The number of amides is 4. The summed E-state index contributed by atoms with van der Waals surface area (Å²) in [6.07, 6.45) is -1.09. The maximum absolute atomic E-state index is 13.2.